The number of ketones is 2. The Labute approximate surface area is 144 Å². The summed E-state index contributed by atoms with van der Waals surface area (Å²) in [5.74, 6) is 2.35. The third-order valence-corrected chi connectivity index (χ3v) is 8.47. The highest BCUT2D eigenvalue weighted by molar-refractivity contribution is 5.91. The molecule has 4 aliphatic carbocycles. The molecule has 0 saturated heterocycles. The van der Waals surface area contributed by atoms with Crippen molar-refractivity contribution in [3.63, 3.8) is 0 Å². The smallest absolute Gasteiger partial charge is 0.155 e. The first kappa shape index (κ1) is 16.5. The van der Waals surface area contributed by atoms with Crippen LogP contribution in [0.25, 0.3) is 0 Å². The number of carbonyl (C=O) groups is 2. The van der Waals surface area contributed by atoms with Crippen molar-refractivity contribution in [2.24, 2.45) is 34.5 Å². The zero-order chi connectivity index (χ0) is 17.3. The maximum absolute atomic E-state index is 12.2. The van der Waals surface area contributed by atoms with Crippen LogP contribution in [0.5, 0.6) is 0 Å². The molecule has 132 valence electrons. The normalized spacial score (nSPS) is 50.6. The summed E-state index contributed by atoms with van der Waals surface area (Å²) < 4.78 is 0. The lowest BCUT2D eigenvalue weighted by Gasteiger charge is -2.59. The lowest BCUT2D eigenvalue weighted by atomic mass is 9.46. The van der Waals surface area contributed by atoms with Gasteiger partial charge in [-0.25, -0.2) is 0 Å². The molecule has 0 bridgehead atoms. The fourth-order valence-electron chi connectivity index (χ4n) is 7.27. The van der Waals surface area contributed by atoms with Crippen molar-refractivity contribution >= 4 is 11.6 Å². The second kappa shape index (κ2) is 5.27. The van der Waals surface area contributed by atoms with Gasteiger partial charge in [0.1, 0.15) is 5.78 Å². The van der Waals surface area contributed by atoms with Crippen molar-refractivity contribution in [2.75, 3.05) is 0 Å². The summed E-state index contributed by atoms with van der Waals surface area (Å²) in [6.45, 7) is 6.37. The zero-order valence-corrected chi connectivity index (χ0v) is 15.2. The minimum Gasteiger partial charge on any atom is -0.389 e. The van der Waals surface area contributed by atoms with Gasteiger partial charge in [-0.3, -0.25) is 9.59 Å². The van der Waals surface area contributed by atoms with Crippen LogP contribution in [0, 0.1) is 34.5 Å². The number of aliphatic hydroxyl groups is 1. The summed E-state index contributed by atoms with van der Waals surface area (Å²) in [7, 11) is 0. The molecule has 0 unspecified atom stereocenters. The van der Waals surface area contributed by atoms with E-state index in [2.05, 4.69) is 13.8 Å². The van der Waals surface area contributed by atoms with Gasteiger partial charge in [-0.05, 0) is 85.7 Å². The molecule has 7 atom stereocenters. The number of hydrogen-bond donors (Lipinski definition) is 1. The lowest BCUT2D eigenvalue weighted by molar-refractivity contribution is -0.130. The van der Waals surface area contributed by atoms with Crippen molar-refractivity contribution < 1.29 is 14.7 Å². The number of Topliss-reactive ketones (excluding diaryl/α,β-unsaturated/α-hetero) is 1. The van der Waals surface area contributed by atoms with E-state index in [-0.39, 0.29) is 22.5 Å². The molecule has 4 rings (SSSR count). The quantitative estimate of drug-likeness (QED) is 0.797. The summed E-state index contributed by atoms with van der Waals surface area (Å²) in [6.07, 6.45) is 7.97. The molecule has 4 aliphatic rings. The van der Waals surface area contributed by atoms with Gasteiger partial charge in [0.15, 0.2) is 5.78 Å². The van der Waals surface area contributed by atoms with Crippen molar-refractivity contribution in [2.45, 2.75) is 71.8 Å². The van der Waals surface area contributed by atoms with E-state index in [0.29, 0.717) is 30.0 Å². The summed E-state index contributed by atoms with van der Waals surface area (Å²) in [5.41, 5.74) is 1.10. The molecule has 1 N–H and O–H groups in total. The van der Waals surface area contributed by atoms with Gasteiger partial charge >= 0.3 is 0 Å². The van der Waals surface area contributed by atoms with Crippen LogP contribution in [0.1, 0.15) is 65.7 Å². The Balaban J connectivity index is 1.71. The lowest BCUT2D eigenvalue weighted by Crippen LogP contribution is -2.54. The van der Waals surface area contributed by atoms with Gasteiger partial charge in [-0.15, -0.1) is 0 Å². The monoisotopic (exact) mass is 330 g/mol. The molecule has 0 radical (unpaired) electrons. The van der Waals surface area contributed by atoms with Crippen LogP contribution < -0.4 is 0 Å². The Kier molecular flexibility index (Phi) is 3.62. The molecule has 0 aromatic rings. The third kappa shape index (κ3) is 2.06. The zero-order valence-electron chi connectivity index (χ0n) is 15.2. The van der Waals surface area contributed by atoms with Crippen molar-refractivity contribution in [3.05, 3.63) is 11.6 Å². The highest BCUT2D eigenvalue weighted by atomic mass is 16.3. The van der Waals surface area contributed by atoms with Crippen molar-refractivity contribution in [3.8, 4) is 0 Å². The number of fused-ring (bicyclic) bond motifs is 5. The summed E-state index contributed by atoms with van der Waals surface area (Å²) >= 11 is 0. The highest BCUT2D eigenvalue weighted by Gasteiger charge is 2.61. The predicted molar refractivity (Wildman–Crippen MR) is 92.3 cm³/mol. The minimum absolute atomic E-state index is 0.0219. The molecule has 0 heterocycles. The molecule has 24 heavy (non-hydrogen) atoms. The Morgan fingerprint density at radius 2 is 1.92 bits per heavy atom. The first-order valence-corrected chi connectivity index (χ1v) is 9.71. The van der Waals surface area contributed by atoms with Crippen LogP contribution in [-0.4, -0.2) is 22.8 Å². The fraction of sp³-hybridized carbons (Fsp3) is 0.810. The van der Waals surface area contributed by atoms with Gasteiger partial charge in [-0.1, -0.05) is 13.8 Å². The molecule has 3 nitrogen and oxygen atoms in total. The Morgan fingerprint density at radius 3 is 2.62 bits per heavy atom. The van der Waals surface area contributed by atoms with Crippen molar-refractivity contribution in [1.29, 1.82) is 0 Å². The maximum atomic E-state index is 12.2. The molecule has 0 aromatic carbocycles. The van der Waals surface area contributed by atoms with Crippen molar-refractivity contribution in [1.82, 2.24) is 0 Å². The van der Waals surface area contributed by atoms with E-state index >= 15 is 0 Å². The van der Waals surface area contributed by atoms with E-state index in [1.165, 1.54) is 0 Å². The molecule has 0 spiro atoms. The minimum atomic E-state index is -0.473. The molecule has 3 heteroatoms. The number of carbonyl (C=O) groups excluding carboxylic acids is 2. The summed E-state index contributed by atoms with van der Waals surface area (Å²) in [6, 6.07) is 0. The van der Waals surface area contributed by atoms with Crippen LogP contribution >= 0.6 is 0 Å². The largest absolute Gasteiger partial charge is 0.389 e. The molecule has 0 aromatic heterocycles. The Morgan fingerprint density at radius 1 is 1.17 bits per heavy atom. The average molecular weight is 330 g/mol. The van der Waals surface area contributed by atoms with E-state index < -0.39 is 6.10 Å². The SMILES string of the molecule is CC(=O)[C@H]1CC[C@H]2[C@@H]3C[C@@H](O)C4=CC(=O)CC[C@]4(C)[C@@H]3CC[C@]12C. The van der Waals surface area contributed by atoms with E-state index in [1.54, 1.807) is 13.0 Å². The first-order valence-electron chi connectivity index (χ1n) is 9.71. The van der Waals surface area contributed by atoms with Crippen LogP contribution in [0.4, 0.5) is 0 Å². The number of rotatable bonds is 1. The molecule has 3 fully saturated rings. The van der Waals surface area contributed by atoms with Crippen LogP contribution in [0.3, 0.4) is 0 Å². The number of hydrogen-bond acceptors (Lipinski definition) is 3. The standard InChI is InChI=1S/C21H30O3/c1-12(22)15-4-5-16-14-11-19(24)18-10-13(23)6-8-21(18,3)17(14)7-9-20(15,16)2/h10,14-17,19,24H,4-9,11H2,1-3H3/t14-,15+,16-,17+,19+,20+,21+/m0/s1. The van der Waals surface area contributed by atoms with Gasteiger partial charge in [0.2, 0.25) is 0 Å². The topological polar surface area (TPSA) is 54.4 Å². The Hall–Kier alpha value is -0.960. The molecular weight excluding hydrogens is 300 g/mol. The summed E-state index contributed by atoms with van der Waals surface area (Å²) in [5, 5.41) is 10.8. The van der Waals surface area contributed by atoms with Gasteiger partial charge in [-0.2, -0.15) is 0 Å². The van der Waals surface area contributed by atoms with E-state index in [9.17, 15) is 14.7 Å². The highest BCUT2D eigenvalue weighted by Crippen LogP contribution is 2.66. The first-order chi connectivity index (χ1) is 11.3. The van der Waals surface area contributed by atoms with Gasteiger partial charge in [0.05, 0.1) is 6.10 Å². The molecular formula is C21H30O3. The van der Waals surface area contributed by atoms with Gasteiger partial charge in [0, 0.05) is 12.3 Å². The predicted octanol–water partition coefficient (Wildman–Crippen LogP) is 3.69. The van der Waals surface area contributed by atoms with E-state index in [0.717, 1.165) is 44.1 Å². The second-order valence-corrected chi connectivity index (χ2v) is 9.40. The summed E-state index contributed by atoms with van der Waals surface area (Å²) in [4.78, 5) is 24.1. The van der Waals surface area contributed by atoms with Gasteiger partial charge < -0.3 is 5.11 Å². The molecule has 0 aliphatic heterocycles. The third-order valence-electron chi connectivity index (χ3n) is 8.47. The van der Waals surface area contributed by atoms with E-state index in [1.807, 2.05) is 0 Å². The molecule has 3 saturated carbocycles. The van der Waals surface area contributed by atoms with Crippen LogP contribution in [0.15, 0.2) is 11.6 Å². The van der Waals surface area contributed by atoms with Gasteiger partial charge in [0.25, 0.3) is 0 Å². The maximum Gasteiger partial charge on any atom is 0.155 e. The van der Waals surface area contributed by atoms with Crippen LogP contribution in [-0.2, 0) is 9.59 Å². The molecule has 0 amide bonds. The number of aliphatic hydroxyl groups excluding tert-OH is 1. The Bertz CT molecular complexity index is 621. The average Bonchev–Trinajstić information content (AvgIpc) is 2.87. The van der Waals surface area contributed by atoms with Crippen LogP contribution in [0.2, 0.25) is 0 Å². The fourth-order valence-corrected chi connectivity index (χ4v) is 7.27. The van der Waals surface area contributed by atoms with E-state index in [4.69, 9.17) is 0 Å². The second-order valence-electron chi connectivity index (χ2n) is 9.40.